The zero-order chi connectivity index (χ0) is 17.1. The maximum absolute atomic E-state index is 5.95. The third kappa shape index (κ3) is 3.76. The maximum atomic E-state index is 5.95. The minimum Gasteiger partial charge on any atom is -0.374 e. The van der Waals surface area contributed by atoms with Crippen molar-refractivity contribution in [3.63, 3.8) is 0 Å². The van der Waals surface area contributed by atoms with E-state index in [1.165, 1.54) is 5.69 Å². The number of ether oxygens (including phenoxy) is 1. The summed E-state index contributed by atoms with van der Waals surface area (Å²) in [5, 5.41) is 11.7. The van der Waals surface area contributed by atoms with Crippen molar-refractivity contribution in [3.05, 3.63) is 58.1 Å². The molecule has 0 bridgehead atoms. The van der Waals surface area contributed by atoms with Crippen LogP contribution < -0.4 is 0 Å². The summed E-state index contributed by atoms with van der Waals surface area (Å²) in [4.78, 5) is 11.1. The van der Waals surface area contributed by atoms with Crippen LogP contribution in [0.2, 0.25) is 0 Å². The summed E-state index contributed by atoms with van der Waals surface area (Å²) < 4.78 is 7.83. The first-order valence-electron chi connectivity index (χ1n) is 8.26. The molecule has 0 saturated carbocycles. The molecule has 0 radical (unpaired) electrons. The van der Waals surface area contributed by atoms with E-state index in [1.54, 1.807) is 17.5 Å². The summed E-state index contributed by atoms with van der Waals surface area (Å²) in [5.41, 5.74) is 3.16. The maximum Gasteiger partial charge on any atom is 0.107 e. The average Bonchev–Trinajstić information content (AvgIpc) is 3.26. The van der Waals surface area contributed by atoms with Gasteiger partial charge in [-0.25, -0.2) is 4.98 Å². The van der Waals surface area contributed by atoms with Gasteiger partial charge in [0.05, 0.1) is 31.1 Å². The van der Waals surface area contributed by atoms with Crippen LogP contribution in [0.1, 0.15) is 28.0 Å². The van der Waals surface area contributed by atoms with E-state index < -0.39 is 0 Å². The molecule has 4 heterocycles. The van der Waals surface area contributed by atoms with Gasteiger partial charge in [0.15, 0.2) is 0 Å². The number of rotatable bonds is 6. The van der Waals surface area contributed by atoms with Gasteiger partial charge >= 0.3 is 0 Å². The van der Waals surface area contributed by atoms with E-state index in [4.69, 9.17) is 4.74 Å². The molecule has 25 heavy (non-hydrogen) atoms. The molecule has 0 unspecified atom stereocenters. The van der Waals surface area contributed by atoms with Gasteiger partial charge in [0.25, 0.3) is 0 Å². The fourth-order valence-corrected chi connectivity index (χ4v) is 3.92. The number of hydrogen-bond donors (Lipinski definition) is 0. The number of fused-ring (bicyclic) bond motifs is 1. The van der Waals surface area contributed by atoms with Gasteiger partial charge in [0.1, 0.15) is 10.7 Å². The Morgan fingerprint density at radius 2 is 2.24 bits per heavy atom. The summed E-state index contributed by atoms with van der Waals surface area (Å²) in [6.45, 7) is 3.70. The van der Waals surface area contributed by atoms with Crippen LogP contribution >= 0.6 is 11.3 Å². The van der Waals surface area contributed by atoms with Crippen LogP contribution in [-0.2, 0) is 31.5 Å². The highest BCUT2D eigenvalue weighted by atomic mass is 32.1. The lowest BCUT2D eigenvalue weighted by molar-refractivity contribution is 0.0812. The number of pyridine rings is 1. The number of thiazole rings is 1. The smallest absolute Gasteiger partial charge is 0.107 e. The van der Waals surface area contributed by atoms with Crippen LogP contribution in [0.4, 0.5) is 0 Å². The topological polar surface area (TPSA) is 69.0 Å². The van der Waals surface area contributed by atoms with Crippen LogP contribution in [0.15, 0.2) is 36.0 Å². The SMILES string of the molecule is Cn1nnc2c1[C@@H](COCc1ccccn1)CN(Cc1nccs1)C2. The van der Waals surface area contributed by atoms with E-state index in [9.17, 15) is 0 Å². The van der Waals surface area contributed by atoms with Crippen LogP contribution in [-0.4, -0.2) is 43.0 Å². The van der Waals surface area contributed by atoms with Crippen molar-refractivity contribution in [2.75, 3.05) is 13.2 Å². The Balaban J connectivity index is 1.44. The van der Waals surface area contributed by atoms with Crippen LogP contribution in [0, 0.1) is 0 Å². The van der Waals surface area contributed by atoms with Gasteiger partial charge in [-0.3, -0.25) is 14.6 Å². The van der Waals surface area contributed by atoms with Crippen molar-refractivity contribution >= 4 is 11.3 Å². The molecule has 3 aromatic rings. The van der Waals surface area contributed by atoms with Crippen molar-refractivity contribution in [3.8, 4) is 0 Å². The van der Waals surface area contributed by atoms with Crippen LogP contribution in [0.25, 0.3) is 0 Å². The quantitative estimate of drug-likeness (QED) is 0.673. The highest BCUT2D eigenvalue weighted by molar-refractivity contribution is 7.09. The first-order chi connectivity index (χ1) is 12.3. The van der Waals surface area contributed by atoms with Crippen molar-refractivity contribution in [1.29, 1.82) is 0 Å². The summed E-state index contributed by atoms with van der Waals surface area (Å²) in [7, 11) is 1.95. The molecule has 0 aliphatic carbocycles. The fraction of sp³-hybridized carbons (Fsp3) is 0.412. The molecule has 0 fully saturated rings. The molecule has 0 N–H and O–H groups in total. The molecule has 8 heteroatoms. The molecule has 1 aliphatic heterocycles. The lowest BCUT2D eigenvalue weighted by Crippen LogP contribution is -2.36. The van der Waals surface area contributed by atoms with Crippen molar-refractivity contribution < 1.29 is 4.74 Å². The van der Waals surface area contributed by atoms with Crippen molar-refractivity contribution in [2.24, 2.45) is 7.05 Å². The van der Waals surface area contributed by atoms with Gasteiger partial charge in [0.2, 0.25) is 0 Å². The Labute approximate surface area is 150 Å². The lowest BCUT2D eigenvalue weighted by atomic mass is 9.99. The normalized spacial score (nSPS) is 17.6. The molecule has 0 saturated heterocycles. The molecule has 1 aliphatic rings. The van der Waals surface area contributed by atoms with Crippen LogP contribution in [0.5, 0.6) is 0 Å². The third-order valence-electron chi connectivity index (χ3n) is 4.32. The summed E-state index contributed by atoms with van der Waals surface area (Å²) in [5.74, 6) is 0.243. The Bertz CT molecular complexity index is 804. The molecule has 0 spiro atoms. The first-order valence-corrected chi connectivity index (χ1v) is 9.14. The zero-order valence-electron chi connectivity index (χ0n) is 14.1. The molecule has 4 rings (SSSR count). The number of aromatic nitrogens is 5. The largest absolute Gasteiger partial charge is 0.374 e. The van der Waals surface area contributed by atoms with Gasteiger partial charge in [0, 0.05) is 43.8 Å². The molecular weight excluding hydrogens is 336 g/mol. The second kappa shape index (κ2) is 7.38. The van der Waals surface area contributed by atoms with Gasteiger partial charge in [-0.15, -0.1) is 16.4 Å². The minimum absolute atomic E-state index is 0.243. The number of hydrogen-bond acceptors (Lipinski definition) is 7. The predicted octanol–water partition coefficient (Wildman–Crippen LogP) is 1.98. The van der Waals surface area contributed by atoms with E-state index in [-0.39, 0.29) is 5.92 Å². The summed E-state index contributed by atoms with van der Waals surface area (Å²) in [6.07, 6.45) is 3.64. The average molecular weight is 356 g/mol. The predicted molar refractivity (Wildman–Crippen MR) is 93.9 cm³/mol. The van der Waals surface area contributed by atoms with Crippen LogP contribution in [0.3, 0.4) is 0 Å². The monoisotopic (exact) mass is 356 g/mol. The zero-order valence-corrected chi connectivity index (χ0v) is 14.9. The Hall–Kier alpha value is -2.16. The second-order valence-electron chi connectivity index (χ2n) is 6.17. The molecule has 0 amide bonds. The molecular formula is C17H20N6OS. The Kier molecular flexibility index (Phi) is 4.82. The highest BCUT2D eigenvalue weighted by Crippen LogP contribution is 2.28. The Morgan fingerprint density at radius 1 is 1.28 bits per heavy atom. The third-order valence-corrected chi connectivity index (χ3v) is 5.08. The Morgan fingerprint density at radius 3 is 3.04 bits per heavy atom. The summed E-state index contributed by atoms with van der Waals surface area (Å²) >= 11 is 1.69. The van der Waals surface area contributed by atoms with E-state index in [2.05, 4.69) is 25.2 Å². The summed E-state index contributed by atoms with van der Waals surface area (Å²) in [6, 6.07) is 5.87. The second-order valence-corrected chi connectivity index (χ2v) is 7.15. The van der Waals surface area contributed by atoms with Gasteiger partial charge in [-0.1, -0.05) is 11.3 Å². The number of aryl methyl sites for hydroxylation is 1. The first kappa shape index (κ1) is 16.3. The van der Waals surface area contributed by atoms with Gasteiger partial charge in [-0.05, 0) is 12.1 Å². The molecule has 1 atom stereocenters. The molecule has 7 nitrogen and oxygen atoms in total. The molecule has 130 valence electrons. The van der Waals surface area contributed by atoms with Gasteiger partial charge in [-0.2, -0.15) is 0 Å². The highest BCUT2D eigenvalue weighted by Gasteiger charge is 2.30. The lowest BCUT2D eigenvalue weighted by Gasteiger charge is -2.31. The fourth-order valence-electron chi connectivity index (χ4n) is 3.26. The molecule has 0 aromatic carbocycles. The number of nitrogens with zero attached hydrogens (tertiary/aromatic N) is 6. The van der Waals surface area contributed by atoms with Crippen molar-refractivity contribution in [1.82, 2.24) is 29.9 Å². The van der Waals surface area contributed by atoms with E-state index in [0.717, 1.165) is 36.0 Å². The minimum atomic E-state index is 0.243. The molecule has 3 aromatic heterocycles. The van der Waals surface area contributed by atoms with Gasteiger partial charge < -0.3 is 4.74 Å². The van der Waals surface area contributed by atoms with E-state index in [0.29, 0.717) is 13.2 Å². The standard InChI is InChI=1S/C17H20N6OS/c1-22-17-13(11-24-12-14-4-2-3-5-18-14)8-23(9-15(17)20-21-22)10-16-19-6-7-25-16/h2-7,13H,8-12H2,1H3/t13-/m1/s1. The van der Waals surface area contributed by atoms with Crippen molar-refractivity contribution in [2.45, 2.75) is 25.6 Å². The van der Waals surface area contributed by atoms with E-state index in [1.807, 2.05) is 41.5 Å². The van der Waals surface area contributed by atoms with E-state index >= 15 is 0 Å².